The first kappa shape index (κ1) is 24.3. The van der Waals surface area contributed by atoms with Crippen LogP contribution in [-0.2, 0) is 34.1 Å². The van der Waals surface area contributed by atoms with Gasteiger partial charge in [-0.3, -0.25) is 9.52 Å². The Morgan fingerprint density at radius 1 is 0.939 bits per heavy atom. The molecule has 0 aromatic heterocycles. The third-order valence-electron chi connectivity index (χ3n) is 4.62. The summed E-state index contributed by atoms with van der Waals surface area (Å²) in [6, 6.07) is 16.5. The van der Waals surface area contributed by atoms with Gasteiger partial charge in [0.25, 0.3) is 15.9 Å². The largest absolute Gasteiger partial charge is 0.416 e. The number of rotatable bonds is 8. The lowest BCUT2D eigenvalue weighted by Gasteiger charge is -2.12. The first-order valence-electron chi connectivity index (χ1n) is 9.73. The molecule has 0 heterocycles. The van der Waals surface area contributed by atoms with Gasteiger partial charge in [-0.2, -0.15) is 13.2 Å². The van der Waals surface area contributed by atoms with Crippen molar-refractivity contribution in [2.24, 2.45) is 0 Å². The van der Waals surface area contributed by atoms with E-state index in [0.29, 0.717) is 12.7 Å². The summed E-state index contributed by atoms with van der Waals surface area (Å²) in [4.78, 5) is 12.2. The molecule has 0 radical (unpaired) electrons. The minimum atomic E-state index is -4.60. The van der Waals surface area contributed by atoms with Crippen molar-refractivity contribution in [3.8, 4) is 0 Å². The van der Waals surface area contributed by atoms with Crippen LogP contribution < -0.4 is 10.0 Å². The molecule has 3 rings (SSSR count). The molecule has 0 fully saturated rings. The van der Waals surface area contributed by atoms with Crippen molar-refractivity contribution < 1.29 is 31.1 Å². The van der Waals surface area contributed by atoms with E-state index in [1.807, 2.05) is 24.3 Å². The normalized spacial score (nSPS) is 11.8. The molecule has 6 nitrogen and oxygen atoms in total. The van der Waals surface area contributed by atoms with Crippen LogP contribution in [0.25, 0.3) is 0 Å². The van der Waals surface area contributed by atoms with E-state index in [-0.39, 0.29) is 22.7 Å². The molecule has 0 unspecified atom stereocenters. The van der Waals surface area contributed by atoms with Crippen LogP contribution in [0.2, 0.25) is 0 Å². The second-order valence-electron chi connectivity index (χ2n) is 7.14. The molecule has 0 saturated carbocycles. The van der Waals surface area contributed by atoms with Crippen LogP contribution in [-0.4, -0.2) is 21.4 Å². The quantitative estimate of drug-likeness (QED) is 0.496. The van der Waals surface area contributed by atoms with E-state index in [0.717, 1.165) is 23.3 Å². The number of ether oxygens (including phenoxy) is 1. The first-order chi connectivity index (χ1) is 15.6. The SMILES string of the molecule is COCc1cccc(CNC(=O)c2ccc(S(=O)(=O)Nc3cccc(C(F)(F)F)c3)cc2)c1. The van der Waals surface area contributed by atoms with E-state index in [4.69, 9.17) is 4.74 Å². The summed E-state index contributed by atoms with van der Waals surface area (Å²) in [7, 11) is -2.55. The van der Waals surface area contributed by atoms with E-state index in [2.05, 4.69) is 10.0 Å². The Morgan fingerprint density at radius 2 is 1.61 bits per heavy atom. The fourth-order valence-corrected chi connectivity index (χ4v) is 4.09. The van der Waals surface area contributed by atoms with E-state index in [1.54, 1.807) is 7.11 Å². The zero-order valence-electron chi connectivity index (χ0n) is 17.5. The van der Waals surface area contributed by atoms with Crippen LogP contribution in [0.4, 0.5) is 18.9 Å². The van der Waals surface area contributed by atoms with Crippen LogP contribution in [0.3, 0.4) is 0 Å². The lowest BCUT2D eigenvalue weighted by Crippen LogP contribution is -2.23. The number of benzene rings is 3. The number of carbonyl (C=O) groups is 1. The first-order valence-corrected chi connectivity index (χ1v) is 11.2. The van der Waals surface area contributed by atoms with Gasteiger partial charge in [-0.15, -0.1) is 0 Å². The van der Waals surface area contributed by atoms with Crippen LogP contribution in [0.15, 0.2) is 77.7 Å². The predicted octanol–water partition coefficient (Wildman–Crippen LogP) is 4.58. The molecule has 174 valence electrons. The molecule has 3 aromatic carbocycles. The molecule has 0 bridgehead atoms. The number of amides is 1. The monoisotopic (exact) mass is 478 g/mol. The maximum Gasteiger partial charge on any atom is 0.416 e. The van der Waals surface area contributed by atoms with Crippen LogP contribution in [0, 0.1) is 0 Å². The third kappa shape index (κ3) is 6.56. The summed E-state index contributed by atoms with van der Waals surface area (Å²) in [6.45, 7) is 0.722. The highest BCUT2D eigenvalue weighted by molar-refractivity contribution is 7.92. The Kier molecular flexibility index (Phi) is 7.39. The third-order valence-corrected chi connectivity index (χ3v) is 6.02. The van der Waals surface area contributed by atoms with Gasteiger partial charge >= 0.3 is 6.18 Å². The van der Waals surface area contributed by atoms with Gasteiger partial charge in [0.1, 0.15) is 0 Å². The second kappa shape index (κ2) is 10.1. The van der Waals surface area contributed by atoms with E-state index in [9.17, 15) is 26.4 Å². The number of hydrogen-bond acceptors (Lipinski definition) is 4. The van der Waals surface area contributed by atoms with Gasteiger partial charge in [0.05, 0.1) is 17.1 Å². The fraction of sp³-hybridized carbons (Fsp3) is 0.174. The van der Waals surface area contributed by atoms with Crippen molar-refractivity contribution >= 4 is 21.6 Å². The molecule has 0 atom stereocenters. The lowest BCUT2D eigenvalue weighted by molar-refractivity contribution is -0.137. The van der Waals surface area contributed by atoms with Gasteiger partial charge in [0.2, 0.25) is 0 Å². The summed E-state index contributed by atoms with van der Waals surface area (Å²) in [5.41, 5.74) is 0.889. The number of anilines is 1. The average Bonchev–Trinajstić information content (AvgIpc) is 2.77. The zero-order valence-corrected chi connectivity index (χ0v) is 18.3. The van der Waals surface area contributed by atoms with Crippen LogP contribution in [0.5, 0.6) is 0 Å². The van der Waals surface area contributed by atoms with E-state index in [1.165, 1.54) is 30.3 Å². The van der Waals surface area contributed by atoms with Gasteiger partial charge in [0, 0.05) is 24.9 Å². The Labute approximate surface area is 189 Å². The number of alkyl halides is 3. The van der Waals surface area contributed by atoms with Crippen molar-refractivity contribution in [1.29, 1.82) is 0 Å². The highest BCUT2D eigenvalue weighted by Gasteiger charge is 2.30. The maximum atomic E-state index is 12.8. The summed E-state index contributed by atoms with van der Waals surface area (Å²) in [6.07, 6.45) is -4.60. The van der Waals surface area contributed by atoms with Crippen LogP contribution >= 0.6 is 0 Å². The molecule has 0 spiro atoms. The molecular formula is C23H21F3N2O4S. The number of halogens is 3. The summed E-state index contributed by atoms with van der Waals surface area (Å²) in [5, 5.41) is 2.75. The number of carbonyl (C=O) groups excluding carboxylic acids is 1. The van der Waals surface area contributed by atoms with E-state index < -0.39 is 27.7 Å². The number of methoxy groups -OCH3 is 1. The molecule has 10 heteroatoms. The number of nitrogens with one attached hydrogen (secondary N) is 2. The number of sulfonamides is 1. The molecule has 2 N–H and O–H groups in total. The highest BCUT2D eigenvalue weighted by Crippen LogP contribution is 2.31. The predicted molar refractivity (Wildman–Crippen MR) is 117 cm³/mol. The second-order valence-corrected chi connectivity index (χ2v) is 8.83. The summed E-state index contributed by atoms with van der Waals surface area (Å²) >= 11 is 0. The minimum Gasteiger partial charge on any atom is -0.380 e. The van der Waals surface area contributed by atoms with Gasteiger partial charge < -0.3 is 10.1 Å². The lowest BCUT2D eigenvalue weighted by atomic mass is 10.1. The average molecular weight is 478 g/mol. The molecule has 0 aliphatic heterocycles. The summed E-state index contributed by atoms with van der Waals surface area (Å²) in [5.74, 6) is -0.401. The molecule has 0 aliphatic carbocycles. The van der Waals surface area contributed by atoms with Crippen molar-refractivity contribution in [3.05, 3.63) is 95.1 Å². The molecule has 0 saturated heterocycles. The highest BCUT2D eigenvalue weighted by atomic mass is 32.2. The number of hydrogen-bond donors (Lipinski definition) is 2. The Morgan fingerprint density at radius 3 is 2.27 bits per heavy atom. The molecule has 3 aromatic rings. The van der Waals surface area contributed by atoms with Crippen molar-refractivity contribution in [2.75, 3.05) is 11.8 Å². The van der Waals surface area contributed by atoms with Crippen molar-refractivity contribution in [2.45, 2.75) is 24.2 Å². The van der Waals surface area contributed by atoms with Crippen molar-refractivity contribution in [1.82, 2.24) is 5.32 Å². The maximum absolute atomic E-state index is 12.8. The van der Waals surface area contributed by atoms with Gasteiger partial charge in [-0.05, 0) is 53.6 Å². The minimum absolute atomic E-state index is 0.191. The molecule has 1 amide bonds. The smallest absolute Gasteiger partial charge is 0.380 e. The Hall–Kier alpha value is -3.37. The Balaban J connectivity index is 1.66. The topological polar surface area (TPSA) is 84.5 Å². The van der Waals surface area contributed by atoms with Crippen LogP contribution in [0.1, 0.15) is 27.0 Å². The van der Waals surface area contributed by atoms with E-state index >= 15 is 0 Å². The van der Waals surface area contributed by atoms with Gasteiger partial charge in [-0.1, -0.05) is 30.3 Å². The Bertz CT molecular complexity index is 1230. The van der Waals surface area contributed by atoms with Crippen molar-refractivity contribution in [3.63, 3.8) is 0 Å². The summed E-state index contributed by atoms with van der Waals surface area (Å²) < 4.78 is 70.8. The molecular weight excluding hydrogens is 457 g/mol. The van der Waals surface area contributed by atoms with Gasteiger partial charge in [0.15, 0.2) is 0 Å². The fourth-order valence-electron chi connectivity index (χ4n) is 3.04. The standard InChI is InChI=1S/C23H21F3N2O4S/c1-32-15-17-5-2-4-16(12-17)14-27-22(29)18-8-10-21(11-9-18)33(30,31)28-20-7-3-6-19(13-20)23(24,25)26/h2-13,28H,14-15H2,1H3,(H,27,29). The molecule has 0 aliphatic rings. The zero-order chi connectivity index (χ0) is 24.1. The van der Waals surface area contributed by atoms with Gasteiger partial charge in [-0.25, -0.2) is 8.42 Å². The molecule has 33 heavy (non-hydrogen) atoms.